The van der Waals surface area contributed by atoms with Gasteiger partial charge in [-0.1, -0.05) is 241 Å². The Morgan fingerprint density at radius 3 is 1.16 bits per heavy atom. The molecule has 2 unspecified atom stereocenters. The zero-order valence-corrected chi connectivity index (χ0v) is 48.7. The van der Waals surface area contributed by atoms with E-state index in [1.54, 1.807) is 0 Å². The summed E-state index contributed by atoms with van der Waals surface area (Å²) in [6, 6.07) is 0. The van der Waals surface area contributed by atoms with E-state index in [-0.39, 0.29) is 32.2 Å². The molecule has 9 heteroatoms. The first-order valence-electron chi connectivity index (χ1n) is 30.6. The van der Waals surface area contributed by atoms with Gasteiger partial charge in [-0.05, 0) is 83.5 Å². The van der Waals surface area contributed by atoms with Crippen molar-refractivity contribution in [1.29, 1.82) is 0 Å². The van der Waals surface area contributed by atoms with Gasteiger partial charge in [0.05, 0.1) is 34.4 Å². The molecule has 0 fully saturated rings. The van der Waals surface area contributed by atoms with E-state index in [1.807, 2.05) is 21.1 Å². The number of carboxylic acid groups (broad SMARTS) is 1. The van der Waals surface area contributed by atoms with Crippen molar-refractivity contribution in [2.24, 2.45) is 0 Å². The second-order valence-electron chi connectivity index (χ2n) is 21.6. The highest BCUT2D eigenvalue weighted by atomic mass is 16.7. The van der Waals surface area contributed by atoms with Gasteiger partial charge in [0.2, 0.25) is 0 Å². The van der Waals surface area contributed by atoms with E-state index in [4.69, 9.17) is 18.9 Å². The Hall–Kier alpha value is -3.27. The molecule has 0 rings (SSSR count). The van der Waals surface area contributed by atoms with Gasteiger partial charge in [0.15, 0.2) is 6.10 Å². The number of quaternary nitrogens is 1. The number of allylic oxidation sites excluding steroid dienone is 12. The largest absolute Gasteiger partial charge is 0.477 e. The van der Waals surface area contributed by atoms with Gasteiger partial charge in [-0.2, -0.15) is 0 Å². The number of likely N-dealkylation sites (N-methyl/N-ethyl adjacent to an activating group) is 1. The number of esters is 2. The maximum absolute atomic E-state index is 12.9. The van der Waals surface area contributed by atoms with E-state index in [1.165, 1.54) is 148 Å². The fourth-order valence-corrected chi connectivity index (χ4v) is 8.51. The summed E-state index contributed by atoms with van der Waals surface area (Å²) in [4.78, 5) is 37.3. The molecule has 0 aromatic rings. The van der Waals surface area contributed by atoms with Crippen LogP contribution in [0.5, 0.6) is 0 Å². The molecular weight excluding hydrogens is 923 g/mol. The Bertz CT molecular complexity index is 1440. The number of unbranched alkanes of at least 4 members (excludes halogenated alkanes) is 29. The third-order valence-electron chi connectivity index (χ3n) is 13.2. The molecule has 0 aromatic heterocycles. The number of rotatable bonds is 56. The summed E-state index contributed by atoms with van der Waals surface area (Å²) in [6.07, 6.45) is 70.1. The summed E-state index contributed by atoms with van der Waals surface area (Å²) >= 11 is 0. The molecule has 1 N–H and O–H groups in total. The SMILES string of the molecule is CC/C=C\C/C=C\C/C=C\C/C=C\C/C=C\CCCCCCCCCCCCCCCCCCCCCCCC(=O)OC(COC(=O)CCCCCCC/C=C\CCCCC)COC(OCC[N+](C)(C)C)C(=O)O. The fourth-order valence-electron chi connectivity index (χ4n) is 8.51. The molecule has 9 nitrogen and oxygen atoms in total. The van der Waals surface area contributed by atoms with E-state index >= 15 is 0 Å². The van der Waals surface area contributed by atoms with Gasteiger partial charge in [-0.25, -0.2) is 4.79 Å². The number of carbonyl (C=O) groups is 3. The summed E-state index contributed by atoms with van der Waals surface area (Å²) in [5.41, 5.74) is 0. The van der Waals surface area contributed by atoms with Crippen LogP contribution in [-0.2, 0) is 33.3 Å². The van der Waals surface area contributed by atoms with Crippen LogP contribution in [0.4, 0.5) is 0 Å². The summed E-state index contributed by atoms with van der Waals surface area (Å²) in [5, 5.41) is 9.69. The van der Waals surface area contributed by atoms with E-state index < -0.39 is 24.3 Å². The predicted molar refractivity (Wildman–Crippen MR) is 313 cm³/mol. The van der Waals surface area contributed by atoms with E-state index in [2.05, 4.69) is 86.8 Å². The summed E-state index contributed by atoms with van der Waals surface area (Å²) in [5.74, 6) is -2.01. The van der Waals surface area contributed by atoms with E-state index in [0.29, 0.717) is 17.4 Å². The Labute approximate surface area is 456 Å². The molecule has 428 valence electrons. The monoisotopic (exact) mass is 1040 g/mol. The molecule has 0 aromatic carbocycles. The minimum absolute atomic E-state index is 0.185. The molecule has 0 bridgehead atoms. The smallest absolute Gasteiger partial charge is 0.361 e. The zero-order chi connectivity index (χ0) is 54.1. The number of ether oxygens (including phenoxy) is 4. The van der Waals surface area contributed by atoms with Crippen LogP contribution in [0.2, 0.25) is 0 Å². The van der Waals surface area contributed by atoms with E-state index in [9.17, 15) is 19.5 Å². The highest BCUT2D eigenvalue weighted by molar-refractivity contribution is 5.71. The van der Waals surface area contributed by atoms with Gasteiger partial charge >= 0.3 is 17.9 Å². The normalized spacial score (nSPS) is 13.3. The third kappa shape index (κ3) is 56.5. The Kier molecular flexibility index (Phi) is 53.5. The van der Waals surface area contributed by atoms with Crippen LogP contribution < -0.4 is 0 Å². The van der Waals surface area contributed by atoms with Gasteiger partial charge in [-0.15, -0.1) is 0 Å². The van der Waals surface area contributed by atoms with Crippen molar-refractivity contribution in [1.82, 2.24) is 0 Å². The highest BCUT2D eigenvalue weighted by Gasteiger charge is 2.25. The van der Waals surface area contributed by atoms with Crippen molar-refractivity contribution in [2.45, 2.75) is 277 Å². The first-order valence-corrected chi connectivity index (χ1v) is 30.6. The number of carboxylic acids is 1. The number of carbonyl (C=O) groups excluding carboxylic acids is 2. The quantitative estimate of drug-likeness (QED) is 0.0211. The van der Waals surface area contributed by atoms with Gasteiger partial charge in [0.25, 0.3) is 6.29 Å². The molecule has 0 aliphatic carbocycles. The second kappa shape index (κ2) is 55.9. The zero-order valence-electron chi connectivity index (χ0n) is 48.7. The van der Waals surface area contributed by atoms with Crippen LogP contribution in [0.25, 0.3) is 0 Å². The predicted octanol–water partition coefficient (Wildman–Crippen LogP) is 18.2. The van der Waals surface area contributed by atoms with Crippen LogP contribution in [0.15, 0.2) is 72.9 Å². The first-order chi connectivity index (χ1) is 36.1. The summed E-state index contributed by atoms with van der Waals surface area (Å²) in [6.45, 7) is 4.74. The Balaban J connectivity index is 3.99. The molecule has 0 aliphatic rings. The molecule has 0 saturated carbocycles. The van der Waals surface area contributed by atoms with Gasteiger partial charge in [0, 0.05) is 12.8 Å². The number of aliphatic carboxylic acids is 1. The summed E-state index contributed by atoms with van der Waals surface area (Å²) < 4.78 is 22.8. The molecule has 74 heavy (non-hydrogen) atoms. The molecule has 0 saturated heterocycles. The molecule has 0 heterocycles. The molecule has 0 spiro atoms. The van der Waals surface area contributed by atoms with Crippen LogP contribution >= 0.6 is 0 Å². The van der Waals surface area contributed by atoms with Gasteiger partial charge < -0.3 is 28.5 Å². The lowest BCUT2D eigenvalue weighted by Gasteiger charge is -2.25. The van der Waals surface area contributed by atoms with Crippen molar-refractivity contribution in [3.05, 3.63) is 72.9 Å². The Morgan fingerprint density at radius 2 is 0.770 bits per heavy atom. The molecule has 0 aliphatic heterocycles. The van der Waals surface area contributed by atoms with Crippen molar-refractivity contribution in [2.75, 3.05) is 47.5 Å². The molecular formula is C65H116NO8+. The van der Waals surface area contributed by atoms with Crippen molar-refractivity contribution < 1.29 is 42.9 Å². The topological polar surface area (TPSA) is 108 Å². The lowest BCUT2D eigenvalue weighted by atomic mass is 10.0. The standard InChI is InChI=1S/C65H115NO8/c1-6-8-10-12-14-16-18-20-21-22-23-24-25-26-27-28-29-30-31-32-33-34-35-36-37-38-39-40-41-42-43-44-46-48-50-52-54-56-63(68)74-61(60-73-65(64(69)70)71-58-57-66(3,4)5)59-72-62(67)55-53-51-49-47-45-19-17-15-13-11-9-7-2/h8,10,14-17,20-21,23-24,26-27,61,65H,6-7,9,11-13,18-19,22,25,28-60H2,1-5H3/p+1/b10-8-,16-14-,17-15-,21-20-,24-23-,27-26-. The average Bonchev–Trinajstić information content (AvgIpc) is 3.37. The first kappa shape index (κ1) is 70.7. The number of hydrogen-bond acceptors (Lipinski definition) is 7. The third-order valence-corrected chi connectivity index (χ3v) is 13.2. The summed E-state index contributed by atoms with van der Waals surface area (Å²) in [7, 11) is 5.97. The van der Waals surface area contributed by atoms with Crippen molar-refractivity contribution in [3.63, 3.8) is 0 Å². The maximum Gasteiger partial charge on any atom is 0.361 e. The fraction of sp³-hybridized carbons (Fsp3) is 0.769. The highest BCUT2D eigenvalue weighted by Crippen LogP contribution is 2.17. The minimum Gasteiger partial charge on any atom is -0.477 e. The van der Waals surface area contributed by atoms with Gasteiger partial charge in [0.1, 0.15) is 13.2 Å². The maximum atomic E-state index is 12.9. The minimum atomic E-state index is -1.51. The van der Waals surface area contributed by atoms with Crippen LogP contribution in [-0.4, -0.2) is 87.4 Å². The number of hydrogen-bond donors (Lipinski definition) is 1. The van der Waals surface area contributed by atoms with Crippen LogP contribution in [0.1, 0.15) is 264 Å². The van der Waals surface area contributed by atoms with Crippen molar-refractivity contribution >= 4 is 17.9 Å². The van der Waals surface area contributed by atoms with E-state index in [0.717, 1.165) is 89.9 Å². The molecule has 2 atom stereocenters. The molecule has 0 amide bonds. The lowest BCUT2D eigenvalue weighted by molar-refractivity contribution is -0.870. The van der Waals surface area contributed by atoms with Crippen LogP contribution in [0.3, 0.4) is 0 Å². The lowest BCUT2D eigenvalue weighted by Crippen LogP contribution is -2.40. The van der Waals surface area contributed by atoms with Gasteiger partial charge in [-0.3, -0.25) is 9.59 Å². The number of nitrogens with zero attached hydrogens (tertiary/aromatic N) is 1. The Morgan fingerprint density at radius 1 is 0.419 bits per heavy atom. The average molecular weight is 1040 g/mol. The molecule has 0 radical (unpaired) electrons. The van der Waals surface area contributed by atoms with Crippen molar-refractivity contribution in [3.8, 4) is 0 Å². The van der Waals surface area contributed by atoms with Crippen LogP contribution in [0, 0.1) is 0 Å². The second-order valence-corrected chi connectivity index (χ2v) is 21.6.